The number of hydrogen-bond acceptors (Lipinski definition) is 6. The summed E-state index contributed by atoms with van der Waals surface area (Å²) >= 11 is 0. The second-order valence-electron chi connectivity index (χ2n) is 3.32. The van der Waals surface area contributed by atoms with Crippen LogP contribution in [0.25, 0.3) is 11.4 Å². The molecule has 90 valence electrons. The van der Waals surface area contributed by atoms with E-state index in [1.165, 1.54) is 0 Å². The molecule has 1 N–H and O–H groups in total. The van der Waals surface area contributed by atoms with Crippen molar-refractivity contribution in [3.63, 3.8) is 0 Å². The van der Waals surface area contributed by atoms with Crippen molar-refractivity contribution < 1.29 is 9.84 Å². The Kier molecular flexibility index (Phi) is 3.79. The lowest BCUT2D eigenvalue weighted by Crippen LogP contribution is -2.02. The first kappa shape index (κ1) is 12.0. The third kappa shape index (κ3) is 2.78. The van der Waals surface area contributed by atoms with Crippen LogP contribution >= 0.6 is 0 Å². The van der Waals surface area contributed by atoms with E-state index in [4.69, 9.17) is 16.3 Å². The Morgan fingerprint density at radius 2 is 1.78 bits per heavy atom. The van der Waals surface area contributed by atoms with Gasteiger partial charge >= 0.3 is 0 Å². The van der Waals surface area contributed by atoms with E-state index in [0.717, 1.165) is 5.56 Å². The quantitative estimate of drug-likeness (QED) is 0.783. The van der Waals surface area contributed by atoms with E-state index in [1.54, 1.807) is 24.3 Å². The molecule has 0 saturated carbocycles. The van der Waals surface area contributed by atoms with Crippen molar-refractivity contribution in [3.05, 3.63) is 30.1 Å². The van der Waals surface area contributed by atoms with Crippen LogP contribution in [0, 0.1) is 12.3 Å². The normalized spacial score (nSPS) is 9.78. The highest BCUT2D eigenvalue weighted by Crippen LogP contribution is 2.18. The van der Waals surface area contributed by atoms with E-state index < -0.39 is 0 Å². The molecule has 1 aromatic heterocycles. The van der Waals surface area contributed by atoms with Crippen molar-refractivity contribution in [2.24, 2.45) is 0 Å². The van der Waals surface area contributed by atoms with Gasteiger partial charge in [0.25, 0.3) is 0 Å². The maximum absolute atomic E-state index is 8.78. The Morgan fingerprint density at radius 3 is 2.33 bits per heavy atom. The van der Waals surface area contributed by atoms with Crippen LogP contribution in [0.5, 0.6) is 5.75 Å². The van der Waals surface area contributed by atoms with E-state index >= 15 is 0 Å². The van der Waals surface area contributed by atoms with Gasteiger partial charge in [0.05, 0.1) is 0 Å². The van der Waals surface area contributed by atoms with Gasteiger partial charge < -0.3 is 9.84 Å². The van der Waals surface area contributed by atoms with Gasteiger partial charge in [-0.3, -0.25) is 0 Å². The highest BCUT2D eigenvalue weighted by atomic mass is 16.5. The summed E-state index contributed by atoms with van der Waals surface area (Å²) in [5.74, 6) is 3.63. The highest BCUT2D eigenvalue weighted by molar-refractivity contribution is 5.54. The standard InChI is InChI=1S/C12H10N4O2/c1-2-7-18-10-5-3-9(4-6-10)12-15-13-11(8-17)14-16-12/h1,3-6,17H,7-8H2. The Balaban J connectivity index is 2.15. The molecule has 0 saturated heterocycles. The topological polar surface area (TPSA) is 81.0 Å². The van der Waals surface area contributed by atoms with Crippen molar-refractivity contribution in [3.8, 4) is 29.5 Å². The van der Waals surface area contributed by atoms with Crippen LogP contribution in [0.15, 0.2) is 24.3 Å². The van der Waals surface area contributed by atoms with Crippen LogP contribution in [0.4, 0.5) is 0 Å². The second-order valence-corrected chi connectivity index (χ2v) is 3.32. The van der Waals surface area contributed by atoms with Gasteiger partial charge in [-0.25, -0.2) is 0 Å². The molecule has 0 spiro atoms. The van der Waals surface area contributed by atoms with Crippen molar-refractivity contribution in [2.75, 3.05) is 6.61 Å². The van der Waals surface area contributed by atoms with Crippen molar-refractivity contribution in [1.29, 1.82) is 0 Å². The molecule has 0 aliphatic heterocycles. The molecular formula is C12H10N4O2. The molecule has 0 aliphatic rings. The van der Waals surface area contributed by atoms with Crippen LogP contribution < -0.4 is 4.74 Å². The molecule has 0 aliphatic carbocycles. The average Bonchev–Trinajstić information content (AvgIpc) is 2.46. The van der Waals surface area contributed by atoms with Crippen LogP contribution in [0.3, 0.4) is 0 Å². The molecule has 0 radical (unpaired) electrons. The van der Waals surface area contributed by atoms with E-state index in [2.05, 4.69) is 26.3 Å². The lowest BCUT2D eigenvalue weighted by atomic mass is 10.2. The lowest BCUT2D eigenvalue weighted by molar-refractivity contribution is 0.267. The zero-order chi connectivity index (χ0) is 12.8. The predicted octanol–water partition coefficient (Wildman–Crippen LogP) is 0.438. The van der Waals surface area contributed by atoms with Gasteiger partial charge in [-0.2, -0.15) is 0 Å². The maximum Gasteiger partial charge on any atom is 0.203 e. The molecule has 1 aromatic carbocycles. The number of nitrogens with zero attached hydrogens (tertiary/aromatic N) is 4. The Hall–Kier alpha value is -2.52. The first-order chi connectivity index (χ1) is 8.83. The second kappa shape index (κ2) is 5.70. The molecular weight excluding hydrogens is 232 g/mol. The summed E-state index contributed by atoms with van der Waals surface area (Å²) in [5.41, 5.74) is 0.757. The van der Waals surface area contributed by atoms with Gasteiger partial charge in [0, 0.05) is 5.56 Å². The third-order valence-electron chi connectivity index (χ3n) is 2.10. The zero-order valence-electron chi connectivity index (χ0n) is 9.45. The van der Waals surface area contributed by atoms with E-state index in [9.17, 15) is 0 Å². The molecule has 2 rings (SSSR count). The van der Waals surface area contributed by atoms with E-state index in [1.807, 2.05) is 0 Å². The molecule has 0 fully saturated rings. The molecule has 6 nitrogen and oxygen atoms in total. The summed E-state index contributed by atoms with van der Waals surface area (Å²) in [7, 11) is 0. The summed E-state index contributed by atoms with van der Waals surface area (Å²) in [5, 5.41) is 23.9. The third-order valence-corrected chi connectivity index (χ3v) is 2.10. The van der Waals surface area contributed by atoms with Gasteiger partial charge in [-0.05, 0) is 24.3 Å². The Bertz CT molecular complexity index is 546. The zero-order valence-corrected chi connectivity index (χ0v) is 9.45. The van der Waals surface area contributed by atoms with Gasteiger partial charge in [0.15, 0.2) is 5.82 Å². The molecule has 0 bridgehead atoms. The summed E-state index contributed by atoms with van der Waals surface area (Å²) in [4.78, 5) is 0. The van der Waals surface area contributed by atoms with Crippen LogP contribution in [-0.4, -0.2) is 32.1 Å². The fraction of sp³-hybridized carbons (Fsp3) is 0.167. The largest absolute Gasteiger partial charge is 0.481 e. The molecule has 2 aromatic rings. The molecule has 0 unspecified atom stereocenters. The van der Waals surface area contributed by atoms with Gasteiger partial charge in [0.1, 0.15) is 19.0 Å². The summed E-state index contributed by atoms with van der Waals surface area (Å²) in [6.07, 6.45) is 5.09. The number of rotatable bonds is 4. The van der Waals surface area contributed by atoms with E-state index in [-0.39, 0.29) is 19.0 Å². The maximum atomic E-state index is 8.78. The predicted molar refractivity (Wildman–Crippen MR) is 63.3 cm³/mol. The number of aliphatic hydroxyl groups excluding tert-OH is 1. The Morgan fingerprint density at radius 1 is 1.11 bits per heavy atom. The van der Waals surface area contributed by atoms with Crippen LogP contribution in [0.2, 0.25) is 0 Å². The fourth-order valence-corrected chi connectivity index (χ4v) is 1.25. The first-order valence-corrected chi connectivity index (χ1v) is 5.17. The summed E-state index contributed by atoms with van der Waals surface area (Å²) in [6.45, 7) is -0.0523. The molecule has 18 heavy (non-hydrogen) atoms. The van der Waals surface area contributed by atoms with Crippen molar-refractivity contribution >= 4 is 0 Å². The Labute approximate surface area is 104 Å². The minimum absolute atomic E-state index is 0.188. The fourth-order valence-electron chi connectivity index (χ4n) is 1.25. The lowest BCUT2D eigenvalue weighted by Gasteiger charge is -2.03. The van der Waals surface area contributed by atoms with Crippen molar-refractivity contribution in [1.82, 2.24) is 20.4 Å². The number of benzene rings is 1. The number of terminal acetylenes is 1. The van der Waals surface area contributed by atoms with Crippen LogP contribution in [-0.2, 0) is 6.61 Å². The molecule has 0 atom stereocenters. The average molecular weight is 242 g/mol. The highest BCUT2D eigenvalue weighted by Gasteiger charge is 2.04. The minimum atomic E-state index is -0.279. The SMILES string of the molecule is C#CCOc1ccc(-c2nnc(CO)nn2)cc1. The van der Waals surface area contributed by atoms with Gasteiger partial charge in [0.2, 0.25) is 5.82 Å². The van der Waals surface area contributed by atoms with Gasteiger partial charge in [-0.1, -0.05) is 5.92 Å². The molecule has 0 amide bonds. The molecule has 6 heteroatoms. The number of hydrogen-bond donors (Lipinski definition) is 1. The number of aromatic nitrogens is 4. The first-order valence-electron chi connectivity index (χ1n) is 5.17. The smallest absolute Gasteiger partial charge is 0.203 e. The number of aliphatic hydroxyl groups is 1. The van der Waals surface area contributed by atoms with E-state index in [0.29, 0.717) is 11.6 Å². The van der Waals surface area contributed by atoms with Crippen LogP contribution in [0.1, 0.15) is 5.82 Å². The van der Waals surface area contributed by atoms with Gasteiger partial charge in [-0.15, -0.1) is 26.8 Å². The summed E-state index contributed by atoms with van der Waals surface area (Å²) < 4.78 is 5.24. The van der Waals surface area contributed by atoms with Crippen molar-refractivity contribution in [2.45, 2.75) is 6.61 Å². The monoisotopic (exact) mass is 242 g/mol. The molecule has 1 heterocycles. The minimum Gasteiger partial charge on any atom is -0.481 e. The number of ether oxygens (including phenoxy) is 1. The summed E-state index contributed by atoms with van der Waals surface area (Å²) in [6, 6.07) is 7.08.